The van der Waals surface area contributed by atoms with E-state index in [-0.39, 0.29) is 11.3 Å². The number of aromatic nitrogens is 2. The third kappa shape index (κ3) is 3.26. The molecule has 0 amide bonds. The third-order valence-electron chi connectivity index (χ3n) is 8.11. The summed E-state index contributed by atoms with van der Waals surface area (Å²) in [6.45, 7) is 12.0. The van der Waals surface area contributed by atoms with Gasteiger partial charge >= 0.3 is 0 Å². The number of hydrogen-bond donors (Lipinski definition) is 1. The van der Waals surface area contributed by atoms with Gasteiger partial charge in [-0.1, -0.05) is 63.4 Å². The number of allylic oxidation sites excluding steroid dienone is 2. The second-order valence-corrected chi connectivity index (χ2v) is 9.93. The number of rotatable bonds is 2. The summed E-state index contributed by atoms with van der Waals surface area (Å²) in [6.07, 6.45) is 8.63. The normalized spacial score (nSPS) is 28.5. The number of benzene rings is 1. The molecule has 1 aromatic carbocycles. The van der Waals surface area contributed by atoms with E-state index in [0.717, 1.165) is 48.5 Å². The topological polar surface area (TPSA) is 50.4 Å². The fraction of sp³-hybridized carbons (Fsp3) is 0.519. The zero-order valence-electron chi connectivity index (χ0n) is 18.6. The van der Waals surface area contributed by atoms with Crippen molar-refractivity contribution in [1.82, 2.24) is 9.97 Å². The Morgan fingerprint density at radius 3 is 2.52 bits per heavy atom. The summed E-state index contributed by atoms with van der Waals surface area (Å²) < 4.78 is 0. The van der Waals surface area contributed by atoms with Crippen LogP contribution in [0.15, 0.2) is 41.8 Å². The molecule has 1 saturated carbocycles. The van der Waals surface area contributed by atoms with Gasteiger partial charge in [0.25, 0.3) is 0 Å². The van der Waals surface area contributed by atoms with E-state index in [9.17, 15) is 5.11 Å². The van der Waals surface area contributed by atoms with Crippen LogP contribution in [0.2, 0.25) is 0 Å². The predicted octanol–water partition coefficient (Wildman–Crippen LogP) is 6.74. The van der Waals surface area contributed by atoms with Crippen molar-refractivity contribution >= 4 is 0 Å². The lowest BCUT2D eigenvalue weighted by molar-refractivity contribution is 0.134. The van der Waals surface area contributed by atoms with E-state index < -0.39 is 0 Å². The lowest BCUT2D eigenvalue weighted by Crippen LogP contribution is -2.45. The molecule has 3 atom stereocenters. The van der Waals surface area contributed by atoms with E-state index >= 15 is 0 Å². The molecule has 160 valence electrons. The number of aliphatic hydroxyl groups is 1. The molecule has 0 radical (unpaired) electrons. The van der Waals surface area contributed by atoms with Crippen molar-refractivity contribution in [3.05, 3.63) is 70.3 Å². The highest BCUT2D eigenvalue weighted by Crippen LogP contribution is 2.54. The Hall–Kier alpha value is -2.67. The van der Waals surface area contributed by atoms with Gasteiger partial charge in [-0.2, -0.15) is 0 Å². The Bertz CT molecular complexity index is 1060. The van der Waals surface area contributed by atoms with Crippen LogP contribution in [0.25, 0.3) is 16.1 Å². The van der Waals surface area contributed by atoms with Crippen LogP contribution in [0, 0.1) is 18.4 Å². The molecule has 1 heterocycles. The summed E-state index contributed by atoms with van der Waals surface area (Å²) >= 11 is 0. The number of nitrogens with zero attached hydrogens (tertiary/aromatic N) is 3. The minimum Gasteiger partial charge on any atom is -0.523 e. The molecule has 2 aromatic rings. The SMILES string of the molecule is [C-]#[N+]C1=C(O)[C@H](C)[C@H]2CCc3c(-c4ccccc4)nc(C4CCCCC4)nc3[C@]2(C)C1. The standard InChI is InChI=1S/C27H31N3O/c1-17-21-15-14-20-23(18-10-6-4-7-11-18)29-26(19-12-8-5-9-13-19)30-25(20)27(21,2)16-22(28-3)24(17)31/h4,6-7,10-11,17,19,21,31H,5,8-9,12-16H2,1-2H3/t17-,21-,27-/m1/s1. The Morgan fingerprint density at radius 2 is 1.81 bits per heavy atom. The van der Waals surface area contributed by atoms with Crippen molar-refractivity contribution in [2.24, 2.45) is 11.8 Å². The van der Waals surface area contributed by atoms with Gasteiger partial charge in [0.05, 0.1) is 23.7 Å². The number of aliphatic hydroxyl groups excluding tert-OH is 1. The molecule has 0 bridgehead atoms. The summed E-state index contributed by atoms with van der Waals surface area (Å²) in [6, 6.07) is 10.5. The van der Waals surface area contributed by atoms with Gasteiger partial charge in [0, 0.05) is 28.4 Å². The van der Waals surface area contributed by atoms with Crippen LogP contribution in [0.5, 0.6) is 0 Å². The highest BCUT2D eigenvalue weighted by molar-refractivity contribution is 5.65. The minimum absolute atomic E-state index is 0.00993. The lowest BCUT2D eigenvalue weighted by atomic mass is 9.57. The zero-order chi connectivity index (χ0) is 21.6. The first-order chi connectivity index (χ1) is 15.0. The van der Waals surface area contributed by atoms with E-state index in [1.54, 1.807) is 0 Å². The van der Waals surface area contributed by atoms with Gasteiger partial charge in [0.15, 0.2) is 0 Å². The monoisotopic (exact) mass is 413 g/mol. The molecular weight excluding hydrogens is 382 g/mol. The second-order valence-electron chi connectivity index (χ2n) is 9.93. The van der Waals surface area contributed by atoms with E-state index in [1.165, 1.54) is 24.8 Å². The molecule has 0 spiro atoms. The van der Waals surface area contributed by atoms with Crippen LogP contribution in [0.1, 0.15) is 81.8 Å². The molecule has 0 aliphatic heterocycles. The lowest BCUT2D eigenvalue weighted by Gasteiger charge is -2.48. The molecular formula is C27H31N3O. The molecule has 0 saturated heterocycles. The van der Waals surface area contributed by atoms with E-state index in [1.807, 2.05) is 0 Å². The van der Waals surface area contributed by atoms with Gasteiger partial charge < -0.3 is 5.11 Å². The van der Waals surface area contributed by atoms with E-state index in [2.05, 4.69) is 49.0 Å². The average Bonchev–Trinajstić information content (AvgIpc) is 2.82. The first kappa shape index (κ1) is 20.2. The molecule has 4 nitrogen and oxygen atoms in total. The molecule has 1 N–H and O–H groups in total. The Kier molecular flexibility index (Phi) is 5.08. The first-order valence-corrected chi connectivity index (χ1v) is 11.8. The van der Waals surface area contributed by atoms with Crippen molar-refractivity contribution in [3.8, 4) is 11.3 Å². The first-order valence-electron chi connectivity index (χ1n) is 11.8. The molecule has 5 rings (SSSR count). The van der Waals surface area contributed by atoms with Crippen LogP contribution in [0.4, 0.5) is 0 Å². The van der Waals surface area contributed by atoms with Crippen molar-refractivity contribution < 1.29 is 5.11 Å². The molecule has 3 aliphatic rings. The maximum absolute atomic E-state index is 10.7. The van der Waals surface area contributed by atoms with Crippen LogP contribution in [-0.2, 0) is 11.8 Å². The summed E-state index contributed by atoms with van der Waals surface area (Å²) in [5.74, 6) is 2.00. The van der Waals surface area contributed by atoms with Gasteiger partial charge in [-0.15, -0.1) is 0 Å². The Morgan fingerprint density at radius 1 is 1.06 bits per heavy atom. The third-order valence-corrected chi connectivity index (χ3v) is 8.11. The second kappa shape index (κ2) is 7.79. The molecule has 1 fully saturated rings. The molecule has 0 unspecified atom stereocenters. The summed E-state index contributed by atoms with van der Waals surface area (Å²) in [5, 5.41) is 10.7. The molecule has 3 aliphatic carbocycles. The molecule has 1 aromatic heterocycles. The average molecular weight is 414 g/mol. The van der Waals surface area contributed by atoms with Gasteiger partial charge in [0.1, 0.15) is 5.82 Å². The smallest absolute Gasteiger partial charge is 0.203 e. The minimum atomic E-state index is -0.241. The fourth-order valence-electron chi connectivity index (χ4n) is 6.39. The zero-order valence-corrected chi connectivity index (χ0v) is 18.6. The van der Waals surface area contributed by atoms with Crippen molar-refractivity contribution in [2.45, 2.75) is 76.5 Å². The Balaban J connectivity index is 1.71. The Labute approximate surface area is 185 Å². The number of fused-ring (bicyclic) bond motifs is 3. The van der Waals surface area contributed by atoms with Gasteiger partial charge in [-0.25, -0.2) is 14.8 Å². The van der Waals surface area contributed by atoms with Crippen LogP contribution in [-0.4, -0.2) is 15.1 Å². The quantitative estimate of drug-likeness (QED) is 0.555. The van der Waals surface area contributed by atoms with E-state index in [4.69, 9.17) is 16.5 Å². The van der Waals surface area contributed by atoms with Crippen LogP contribution in [0.3, 0.4) is 0 Å². The fourth-order valence-corrected chi connectivity index (χ4v) is 6.39. The largest absolute Gasteiger partial charge is 0.523 e. The predicted molar refractivity (Wildman–Crippen MR) is 122 cm³/mol. The van der Waals surface area contributed by atoms with Crippen molar-refractivity contribution in [1.29, 1.82) is 0 Å². The summed E-state index contributed by atoms with van der Waals surface area (Å²) in [5.41, 5.74) is 4.91. The van der Waals surface area contributed by atoms with Gasteiger partial charge in [-0.3, -0.25) is 0 Å². The highest BCUT2D eigenvalue weighted by atomic mass is 16.3. The maximum atomic E-state index is 10.7. The van der Waals surface area contributed by atoms with E-state index in [0.29, 0.717) is 29.7 Å². The molecule has 4 heteroatoms. The van der Waals surface area contributed by atoms with Crippen LogP contribution < -0.4 is 0 Å². The summed E-state index contributed by atoms with van der Waals surface area (Å²) in [4.78, 5) is 14.2. The summed E-state index contributed by atoms with van der Waals surface area (Å²) in [7, 11) is 0. The van der Waals surface area contributed by atoms with Crippen molar-refractivity contribution in [3.63, 3.8) is 0 Å². The van der Waals surface area contributed by atoms with Crippen molar-refractivity contribution in [2.75, 3.05) is 0 Å². The molecule has 31 heavy (non-hydrogen) atoms. The van der Waals surface area contributed by atoms with Gasteiger partial charge in [0.2, 0.25) is 5.70 Å². The van der Waals surface area contributed by atoms with Gasteiger partial charge in [-0.05, 0) is 38.0 Å². The highest BCUT2D eigenvalue weighted by Gasteiger charge is 2.50. The number of hydrogen-bond acceptors (Lipinski definition) is 3. The van der Waals surface area contributed by atoms with Crippen LogP contribution >= 0.6 is 0 Å². The maximum Gasteiger partial charge on any atom is 0.203 e.